The summed E-state index contributed by atoms with van der Waals surface area (Å²) in [5.74, 6) is -0.177. The highest BCUT2D eigenvalue weighted by atomic mass is 16.5. The Hall–Kier alpha value is -2.66. The van der Waals surface area contributed by atoms with Crippen LogP contribution in [-0.2, 0) is 9.53 Å². The first-order valence-corrected chi connectivity index (χ1v) is 7.93. The van der Waals surface area contributed by atoms with Crippen molar-refractivity contribution < 1.29 is 14.3 Å². The summed E-state index contributed by atoms with van der Waals surface area (Å²) in [6, 6.07) is 17.5. The maximum absolute atomic E-state index is 12.4. The van der Waals surface area contributed by atoms with Crippen LogP contribution in [-0.4, -0.2) is 49.6 Å². The zero-order valence-electron chi connectivity index (χ0n) is 13.6. The zero-order chi connectivity index (χ0) is 16.9. The summed E-state index contributed by atoms with van der Waals surface area (Å²) in [6.45, 7) is 0.940. The molecule has 0 aromatic heterocycles. The molecule has 1 unspecified atom stereocenters. The van der Waals surface area contributed by atoms with E-state index in [9.17, 15) is 9.59 Å². The predicted octanol–water partition coefficient (Wildman–Crippen LogP) is 1.94. The molecule has 2 aromatic carbocycles. The van der Waals surface area contributed by atoms with E-state index < -0.39 is 0 Å². The molecule has 1 aliphatic heterocycles. The van der Waals surface area contributed by atoms with Crippen molar-refractivity contribution in [3.8, 4) is 11.1 Å². The minimum Gasteiger partial charge on any atom is -0.365 e. The Labute approximate surface area is 141 Å². The fourth-order valence-electron chi connectivity index (χ4n) is 2.66. The number of hydrogen-bond donors (Lipinski definition) is 1. The molecule has 1 atom stereocenters. The number of nitrogens with one attached hydrogen (secondary N) is 1. The quantitative estimate of drug-likeness (QED) is 0.935. The van der Waals surface area contributed by atoms with Gasteiger partial charge in [-0.05, 0) is 23.3 Å². The SMILES string of the molecule is CN1CC(CNC(=O)c2cccc(-c3ccccc3)c2)OCC1=O. The lowest BCUT2D eigenvalue weighted by atomic mass is 10.0. The molecule has 1 heterocycles. The maximum atomic E-state index is 12.4. The molecule has 1 N–H and O–H groups in total. The first kappa shape index (κ1) is 16.2. The third kappa shape index (κ3) is 3.81. The molecule has 0 spiro atoms. The summed E-state index contributed by atoms with van der Waals surface area (Å²) in [4.78, 5) is 25.4. The molecule has 0 radical (unpaired) electrons. The van der Waals surface area contributed by atoms with Crippen LogP contribution < -0.4 is 5.32 Å². The molecule has 2 amide bonds. The van der Waals surface area contributed by atoms with Crippen LogP contribution in [0.3, 0.4) is 0 Å². The maximum Gasteiger partial charge on any atom is 0.251 e. The minimum atomic E-state index is -0.172. The lowest BCUT2D eigenvalue weighted by Crippen LogP contribution is -2.48. The number of carbonyl (C=O) groups is 2. The van der Waals surface area contributed by atoms with Crippen LogP contribution in [0.4, 0.5) is 0 Å². The fourth-order valence-corrected chi connectivity index (χ4v) is 2.66. The molecule has 0 aliphatic carbocycles. The van der Waals surface area contributed by atoms with Crippen molar-refractivity contribution in [3.63, 3.8) is 0 Å². The normalized spacial score (nSPS) is 17.6. The van der Waals surface area contributed by atoms with Crippen molar-refractivity contribution in [1.29, 1.82) is 0 Å². The summed E-state index contributed by atoms with van der Waals surface area (Å²) in [6.07, 6.45) is -0.172. The van der Waals surface area contributed by atoms with E-state index in [0.29, 0.717) is 18.7 Å². The Morgan fingerprint density at radius 3 is 2.67 bits per heavy atom. The zero-order valence-corrected chi connectivity index (χ0v) is 13.6. The molecule has 1 saturated heterocycles. The van der Waals surface area contributed by atoms with Crippen molar-refractivity contribution in [2.75, 3.05) is 26.7 Å². The molecule has 24 heavy (non-hydrogen) atoms. The number of morpholine rings is 1. The highest BCUT2D eigenvalue weighted by Crippen LogP contribution is 2.20. The summed E-state index contributed by atoms with van der Waals surface area (Å²) in [5, 5.41) is 2.88. The van der Waals surface area contributed by atoms with Gasteiger partial charge in [-0.1, -0.05) is 42.5 Å². The largest absolute Gasteiger partial charge is 0.365 e. The van der Waals surface area contributed by atoms with Gasteiger partial charge in [-0.3, -0.25) is 9.59 Å². The van der Waals surface area contributed by atoms with Crippen molar-refractivity contribution in [3.05, 3.63) is 60.2 Å². The van der Waals surface area contributed by atoms with Gasteiger partial charge < -0.3 is 15.0 Å². The van der Waals surface area contributed by atoms with E-state index in [1.807, 2.05) is 48.5 Å². The molecule has 1 fully saturated rings. The Bertz CT molecular complexity index is 730. The Kier molecular flexibility index (Phi) is 4.91. The number of ether oxygens (including phenoxy) is 1. The molecule has 0 saturated carbocycles. The number of rotatable bonds is 4. The molecule has 1 aliphatic rings. The highest BCUT2D eigenvalue weighted by molar-refractivity contribution is 5.95. The smallest absolute Gasteiger partial charge is 0.251 e. The Balaban J connectivity index is 1.62. The number of hydrogen-bond acceptors (Lipinski definition) is 3. The Morgan fingerprint density at radius 2 is 1.92 bits per heavy atom. The van der Waals surface area contributed by atoms with Gasteiger partial charge in [0.2, 0.25) is 5.91 Å². The summed E-state index contributed by atoms with van der Waals surface area (Å²) >= 11 is 0. The van der Waals surface area contributed by atoms with Gasteiger partial charge in [-0.15, -0.1) is 0 Å². The molecular weight excluding hydrogens is 304 g/mol. The van der Waals surface area contributed by atoms with Crippen molar-refractivity contribution in [2.24, 2.45) is 0 Å². The first-order chi connectivity index (χ1) is 11.6. The van der Waals surface area contributed by atoms with Gasteiger partial charge in [0, 0.05) is 25.7 Å². The van der Waals surface area contributed by atoms with Gasteiger partial charge in [0.1, 0.15) is 6.61 Å². The van der Waals surface area contributed by atoms with Crippen LogP contribution in [0.1, 0.15) is 10.4 Å². The number of nitrogens with zero attached hydrogens (tertiary/aromatic N) is 1. The van der Waals surface area contributed by atoms with Crippen LogP contribution in [0, 0.1) is 0 Å². The van der Waals surface area contributed by atoms with Crippen molar-refractivity contribution >= 4 is 11.8 Å². The van der Waals surface area contributed by atoms with Gasteiger partial charge >= 0.3 is 0 Å². The fraction of sp³-hybridized carbons (Fsp3) is 0.263. The number of amides is 2. The molecule has 2 aromatic rings. The van der Waals surface area contributed by atoms with Crippen molar-refractivity contribution in [2.45, 2.75) is 6.10 Å². The number of likely N-dealkylation sites (N-methyl/N-ethyl adjacent to an activating group) is 1. The van der Waals surface area contributed by atoms with Gasteiger partial charge in [-0.2, -0.15) is 0 Å². The van der Waals surface area contributed by atoms with E-state index in [4.69, 9.17) is 4.74 Å². The molecule has 5 heteroatoms. The lowest BCUT2D eigenvalue weighted by molar-refractivity contribution is -0.146. The molecular formula is C19H20N2O3. The number of carbonyl (C=O) groups excluding carboxylic acids is 2. The monoisotopic (exact) mass is 324 g/mol. The van der Waals surface area contributed by atoms with E-state index in [0.717, 1.165) is 11.1 Å². The van der Waals surface area contributed by atoms with E-state index in [-0.39, 0.29) is 24.5 Å². The van der Waals surface area contributed by atoms with Crippen LogP contribution in [0.15, 0.2) is 54.6 Å². The average Bonchev–Trinajstić information content (AvgIpc) is 2.63. The summed E-state index contributed by atoms with van der Waals surface area (Å²) < 4.78 is 5.43. The van der Waals surface area contributed by atoms with Gasteiger partial charge in [-0.25, -0.2) is 0 Å². The van der Waals surface area contributed by atoms with Crippen molar-refractivity contribution in [1.82, 2.24) is 10.2 Å². The van der Waals surface area contributed by atoms with Gasteiger partial charge in [0.25, 0.3) is 5.91 Å². The standard InChI is InChI=1S/C19H20N2O3/c1-21-12-17(24-13-18(21)22)11-20-19(23)16-9-5-8-15(10-16)14-6-3-2-4-7-14/h2-10,17H,11-13H2,1H3,(H,20,23). The molecule has 0 bridgehead atoms. The minimum absolute atomic E-state index is 0.0341. The predicted molar refractivity (Wildman–Crippen MR) is 91.6 cm³/mol. The second-order valence-electron chi connectivity index (χ2n) is 5.86. The van der Waals surface area contributed by atoms with Crippen LogP contribution in [0.5, 0.6) is 0 Å². The topological polar surface area (TPSA) is 58.6 Å². The summed E-state index contributed by atoms with van der Waals surface area (Å²) in [5.41, 5.74) is 2.68. The Morgan fingerprint density at radius 1 is 1.17 bits per heavy atom. The number of benzene rings is 2. The third-order valence-electron chi connectivity index (χ3n) is 4.07. The lowest BCUT2D eigenvalue weighted by Gasteiger charge is -2.29. The molecule has 124 valence electrons. The second kappa shape index (κ2) is 7.27. The van der Waals surface area contributed by atoms with Gasteiger partial charge in [0.05, 0.1) is 6.10 Å². The highest BCUT2D eigenvalue weighted by Gasteiger charge is 2.23. The van der Waals surface area contributed by atoms with E-state index >= 15 is 0 Å². The van der Waals surface area contributed by atoms with Crippen LogP contribution in [0.25, 0.3) is 11.1 Å². The molecule has 3 rings (SSSR count). The van der Waals surface area contributed by atoms with E-state index in [1.165, 1.54) is 0 Å². The average molecular weight is 324 g/mol. The van der Waals surface area contributed by atoms with Crippen LogP contribution in [0.2, 0.25) is 0 Å². The van der Waals surface area contributed by atoms with E-state index in [1.54, 1.807) is 18.0 Å². The first-order valence-electron chi connectivity index (χ1n) is 7.93. The van der Waals surface area contributed by atoms with Gasteiger partial charge in [0.15, 0.2) is 0 Å². The summed E-state index contributed by atoms with van der Waals surface area (Å²) in [7, 11) is 1.74. The second-order valence-corrected chi connectivity index (χ2v) is 5.86. The third-order valence-corrected chi connectivity index (χ3v) is 4.07. The van der Waals surface area contributed by atoms with Crippen LogP contribution >= 0.6 is 0 Å². The molecule has 5 nitrogen and oxygen atoms in total. The van der Waals surface area contributed by atoms with E-state index in [2.05, 4.69) is 5.32 Å².